The highest BCUT2D eigenvalue weighted by atomic mass is 32.2. The molecule has 0 radical (unpaired) electrons. The molecule has 2 N–H and O–H groups in total. The summed E-state index contributed by atoms with van der Waals surface area (Å²) in [5.41, 5.74) is -0.552. The molecule has 1 atom stereocenters. The molecule has 16 heavy (non-hydrogen) atoms. The minimum atomic E-state index is -0.552. The van der Waals surface area contributed by atoms with E-state index in [1.807, 2.05) is 13.8 Å². The van der Waals surface area contributed by atoms with Gasteiger partial charge in [0.05, 0.1) is 5.60 Å². The van der Waals surface area contributed by atoms with Crippen molar-refractivity contribution in [2.45, 2.75) is 32.4 Å². The van der Waals surface area contributed by atoms with Gasteiger partial charge in [-0.3, -0.25) is 0 Å². The van der Waals surface area contributed by atoms with Gasteiger partial charge in [0.15, 0.2) is 0 Å². The summed E-state index contributed by atoms with van der Waals surface area (Å²) in [5, 5.41) is 15.1. The summed E-state index contributed by atoms with van der Waals surface area (Å²) in [6, 6.07) is 4.68. The molecule has 1 rings (SSSR count). The zero-order valence-corrected chi connectivity index (χ0v) is 11.8. The van der Waals surface area contributed by atoms with Gasteiger partial charge in [0.1, 0.15) is 0 Å². The van der Waals surface area contributed by atoms with Crippen LogP contribution in [0, 0.1) is 0 Å². The molecule has 0 fully saturated rings. The SMILES string of the molecule is C[C@H](NCCSCC(C)(C)O)c1cccs1. The number of hydrogen-bond donors (Lipinski definition) is 2. The molecule has 0 saturated carbocycles. The van der Waals surface area contributed by atoms with Crippen LogP contribution in [0.3, 0.4) is 0 Å². The summed E-state index contributed by atoms with van der Waals surface area (Å²) in [7, 11) is 0. The third kappa shape index (κ3) is 5.89. The van der Waals surface area contributed by atoms with E-state index >= 15 is 0 Å². The summed E-state index contributed by atoms with van der Waals surface area (Å²) in [6.45, 7) is 6.87. The standard InChI is InChI=1S/C12H21NOS2/c1-10(11-5-4-7-16-11)13-6-8-15-9-12(2,3)14/h4-5,7,10,13-14H,6,8-9H2,1-3H3/t10-/m0/s1. The Balaban J connectivity index is 2.08. The van der Waals surface area contributed by atoms with Gasteiger partial charge in [-0.05, 0) is 32.2 Å². The van der Waals surface area contributed by atoms with Crippen molar-refractivity contribution in [1.82, 2.24) is 5.32 Å². The van der Waals surface area contributed by atoms with Crippen LogP contribution < -0.4 is 5.32 Å². The highest BCUT2D eigenvalue weighted by Gasteiger charge is 2.11. The van der Waals surface area contributed by atoms with Crippen LogP contribution in [-0.4, -0.2) is 28.8 Å². The minimum Gasteiger partial charge on any atom is -0.390 e. The highest BCUT2D eigenvalue weighted by molar-refractivity contribution is 7.99. The fourth-order valence-corrected chi connectivity index (χ4v) is 2.97. The van der Waals surface area contributed by atoms with E-state index in [-0.39, 0.29) is 0 Å². The first kappa shape index (κ1) is 14.0. The summed E-state index contributed by atoms with van der Waals surface area (Å²) in [6.07, 6.45) is 0. The monoisotopic (exact) mass is 259 g/mol. The second-order valence-corrected chi connectivity index (χ2v) is 6.64. The third-order valence-corrected chi connectivity index (χ3v) is 4.58. The van der Waals surface area contributed by atoms with Crippen molar-refractivity contribution in [3.63, 3.8) is 0 Å². The van der Waals surface area contributed by atoms with Crippen LogP contribution in [0.1, 0.15) is 31.7 Å². The fourth-order valence-electron chi connectivity index (χ4n) is 1.31. The quantitative estimate of drug-likeness (QED) is 0.739. The van der Waals surface area contributed by atoms with Crippen LogP contribution >= 0.6 is 23.1 Å². The topological polar surface area (TPSA) is 32.3 Å². The normalized spacial score (nSPS) is 14.0. The van der Waals surface area contributed by atoms with Crippen molar-refractivity contribution >= 4 is 23.1 Å². The summed E-state index contributed by atoms with van der Waals surface area (Å²) in [5.74, 6) is 1.84. The van der Waals surface area contributed by atoms with Crippen molar-refractivity contribution in [2.24, 2.45) is 0 Å². The van der Waals surface area contributed by atoms with Gasteiger partial charge in [-0.2, -0.15) is 11.8 Å². The van der Waals surface area contributed by atoms with E-state index in [2.05, 4.69) is 29.8 Å². The lowest BCUT2D eigenvalue weighted by molar-refractivity contribution is 0.107. The van der Waals surface area contributed by atoms with Crippen LogP contribution in [-0.2, 0) is 0 Å². The zero-order valence-electron chi connectivity index (χ0n) is 10.2. The Labute approximate surface area is 106 Å². The van der Waals surface area contributed by atoms with E-state index in [1.54, 1.807) is 23.1 Å². The van der Waals surface area contributed by atoms with Gasteiger partial charge in [0.25, 0.3) is 0 Å². The molecule has 1 aromatic heterocycles. The Hall–Kier alpha value is -0.0300. The first-order valence-electron chi connectivity index (χ1n) is 5.56. The van der Waals surface area contributed by atoms with Crippen LogP contribution in [0.5, 0.6) is 0 Å². The van der Waals surface area contributed by atoms with Gasteiger partial charge in [0.2, 0.25) is 0 Å². The fraction of sp³-hybridized carbons (Fsp3) is 0.667. The Bertz CT molecular complexity index is 280. The summed E-state index contributed by atoms with van der Waals surface area (Å²) < 4.78 is 0. The smallest absolute Gasteiger partial charge is 0.0681 e. The van der Waals surface area contributed by atoms with E-state index in [0.717, 1.165) is 18.1 Å². The average Bonchev–Trinajstić information content (AvgIpc) is 2.67. The van der Waals surface area contributed by atoms with Crippen molar-refractivity contribution in [3.8, 4) is 0 Å². The molecule has 4 heteroatoms. The van der Waals surface area contributed by atoms with Gasteiger partial charge in [-0.1, -0.05) is 6.07 Å². The molecule has 0 aliphatic carbocycles. The first-order chi connectivity index (χ1) is 7.49. The van der Waals surface area contributed by atoms with E-state index in [0.29, 0.717) is 6.04 Å². The van der Waals surface area contributed by atoms with Gasteiger partial charge in [-0.15, -0.1) is 11.3 Å². The lowest BCUT2D eigenvalue weighted by atomic mass is 10.2. The minimum absolute atomic E-state index is 0.433. The Morgan fingerprint density at radius 1 is 1.56 bits per heavy atom. The molecular formula is C12H21NOS2. The molecule has 1 aromatic rings. The third-order valence-electron chi connectivity index (χ3n) is 2.12. The Morgan fingerprint density at radius 3 is 2.88 bits per heavy atom. The number of aliphatic hydroxyl groups is 1. The largest absolute Gasteiger partial charge is 0.390 e. The summed E-state index contributed by atoms with van der Waals surface area (Å²) in [4.78, 5) is 1.38. The molecule has 0 spiro atoms. The van der Waals surface area contributed by atoms with Gasteiger partial charge in [-0.25, -0.2) is 0 Å². The number of thiophene rings is 1. The molecule has 0 aliphatic heterocycles. The summed E-state index contributed by atoms with van der Waals surface area (Å²) >= 11 is 3.58. The molecule has 0 aliphatic rings. The van der Waals surface area contributed by atoms with Crippen LogP contribution in [0.25, 0.3) is 0 Å². The number of rotatable bonds is 7. The van der Waals surface area contributed by atoms with Gasteiger partial charge in [0, 0.05) is 29.0 Å². The molecule has 0 bridgehead atoms. The lowest BCUT2D eigenvalue weighted by Crippen LogP contribution is -2.24. The molecular weight excluding hydrogens is 238 g/mol. The second kappa shape index (κ2) is 6.64. The van der Waals surface area contributed by atoms with E-state index in [9.17, 15) is 5.11 Å². The number of nitrogens with one attached hydrogen (secondary N) is 1. The maximum atomic E-state index is 9.54. The second-order valence-electron chi connectivity index (χ2n) is 4.56. The van der Waals surface area contributed by atoms with E-state index in [4.69, 9.17) is 0 Å². The Morgan fingerprint density at radius 2 is 2.31 bits per heavy atom. The predicted molar refractivity (Wildman–Crippen MR) is 74.4 cm³/mol. The highest BCUT2D eigenvalue weighted by Crippen LogP contribution is 2.18. The molecule has 2 nitrogen and oxygen atoms in total. The molecule has 92 valence electrons. The van der Waals surface area contributed by atoms with E-state index < -0.39 is 5.60 Å². The van der Waals surface area contributed by atoms with Crippen LogP contribution in [0.2, 0.25) is 0 Å². The van der Waals surface area contributed by atoms with Gasteiger partial charge < -0.3 is 10.4 Å². The maximum Gasteiger partial charge on any atom is 0.0681 e. The first-order valence-corrected chi connectivity index (χ1v) is 7.59. The Kier molecular flexibility index (Phi) is 5.83. The maximum absolute atomic E-state index is 9.54. The van der Waals surface area contributed by atoms with Crippen molar-refractivity contribution < 1.29 is 5.11 Å². The van der Waals surface area contributed by atoms with E-state index in [1.165, 1.54) is 4.88 Å². The van der Waals surface area contributed by atoms with Gasteiger partial charge >= 0.3 is 0 Å². The van der Waals surface area contributed by atoms with Crippen molar-refractivity contribution in [1.29, 1.82) is 0 Å². The number of thioether (sulfide) groups is 1. The molecule has 0 aromatic carbocycles. The van der Waals surface area contributed by atoms with Crippen LogP contribution in [0.4, 0.5) is 0 Å². The van der Waals surface area contributed by atoms with Crippen molar-refractivity contribution in [3.05, 3.63) is 22.4 Å². The number of hydrogen-bond acceptors (Lipinski definition) is 4. The lowest BCUT2D eigenvalue weighted by Gasteiger charge is -2.17. The predicted octanol–water partition coefficient (Wildman–Crippen LogP) is 2.90. The molecule has 0 unspecified atom stereocenters. The van der Waals surface area contributed by atoms with Crippen LogP contribution in [0.15, 0.2) is 17.5 Å². The zero-order chi connectivity index (χ0) is 12.0. The molecule has 0 amide bonds. The molecule has 1 heterocycles. The molecule has 0 saturated heterocycles. The average molecular weight is 259 g/mol. The van der Waals surface area contributed by atoms with Crippen molar-refractivity contribution in [2.75, 3.05) is 18.1 Å².